The molecule has 1 aromatic carbocycles. The van der Waals surface area contributed by atoms with Gasteiger partial charge >= 0.3 is 5.97 Å². The van der Waals surface area contributed by atoms with E-state index in [-0.39, 0.29) is 42.8 Å². The van der Waals surface area contributed by atoms with Crippen LogP contribution in [0.25, 0.3) is 22.3 Å². The second-order valence-corrected chi connectivity index (χ2v) is 8.14. The minimum absolute atomic E-state index is 0.0486. The largest absolute Gasteiger partial charge is 0.496 e. The normalized spacial score (nSPS) is 18.9. The summed E-state index contributed by atoms with van der Waals surface area (Å²) in [5.41, 5.74) is 7.04. The van der Waals surface area contributed by atoms with Gasteiger partial charge in [0.2, 0.25) is 0 Å². The van der Waals surface area contributed by atoms with Gasteiger partial charge in [-0.05, 0) is 25.0 Å². The van der Waals surface area contributed by atoms with Gasteiger partial charge in [0.25, 0.3) is 5.56 Å². The van der Waals surface area contributed by atoms with Gasteiger partial charge in [0.05, 0.1) is 36.1 Å². The summed E-state index contributed by atoms with van der Waals surface area (Å²) < 4.78 is 27.2. The average Bonchev–Trinajstić information content (AvgIpc) is 3.16. The molecule has 0 saturated heterocycles. The molecule has 0 amide bonds. The Morgan fingerprint density at radius 2 is 2.09 bits per heavy atom. The van der Waals surface area contributed by atoms with Crippen LogP contribution < -0.4 is 16.0 Å². The van der Waals surface area contributed by atoms with Crippen molar-refractivity contribution in [1.29, 1.82) is 0 Å². The first-order chi connectivity index (χ1) is 15.3. The highest BCUT2D eigenvalue weighted by Gasteiger charge is 2.45. The molecule has 8 nitrogen and oxygen atoms in total. The highest BCUT2D eigenvalue weighted by molar-refractivity contribution is 5.91. The van der Waals surface area contributed by atoms with Gasteiger partial charge < -0.3 is 24.9 Å². The first-order valence-electron chi connectivity index (χ1n) is 10.3. The third-order valence-electron chi connectivity index (χ3n) is 6.65. The lowest BCUT2D eigenvalue weighted by Crippen LogP contribution is -2.44. The van der Waals surface area contributed by atoms with Crippen LogP contribution in [0.15, 0.2) is 16.9 Å². The topological polar surface area (TPSA) is 117 Å². The van der Waals surface area contributed by atoms with Crippen molar-refractivity contribution in [3.8, 4) is 17.1 Å². The Bertz CT molecular complexity index is 1400. The molecule has 0 bridgehead atoms. The molecule has 0 fully saturated rings. The number of ether oxygens (including phenoxy) is 2. The summed E-state index contributed by atoms with van der Waals surface area (Å²) in [5.74, 6) is -0.891. The molecule has 1 atom stereocenters. The zero-order chi connectivity index (χ0) is 22.9. The predicted molar refractivity (Wildman–Crippen MR) is 114 cm³/mol. The van der Waals surface area contributed by atoms with Crippen LogP contribution in [-0.4, -0.2) is 27.7 Å². The average molecular weight is 439 g/mol. The number of nitrogens with zero attached hydrogens (tertiary/aromatic N) is 2. The maximum absolute atomic E-state index is 15.3. The number of fused-ring (bicyclic) bond motifs is 5. The van der Waals surface area contributed by atoms with Crippen LogP contribution in [0.1, 0.15) is 41.2 Å². The van der Waals surface area contributed by atoms with Crippen molar-refractivity contribution in [3.63, 3.8) is 0 Å². The Kier molecular flexibility index (Phi) is 4.41. The van der Waals surface area contributed by atoms with E-state index in [9.17, 15) is 14.7 Å². The number of hydrogen-bond donors (Lipinski definition) is 2. The Morgan fingerprint density at radius 3 is 2.75 bits per heavy atom. The first-order valence-corrected chi connectivity index (χ1v) is 10.3. The lowest BCUT2D eigenvalue weighted by molar-refractivity contribution is -0.172. The van der Waals surface area contributed by atoms with Crippen LogP contribution in [0.5, 0.6) is 5.75 Å². The number of aromatic nitrogens is 2. The van der Waals surface area contributed by atoms with Gasteiger partial charge in [-0.2, -0.15) is 0 Å². The maximum atomic E-state index is 15.3. The predicted octanol–water partition coefficient (Wildman–Crippen LogP) is 1.99. The zero-order valence-electron chi connectivity index (χ0n) is 17.9. The SMILES string of the molecule is CC[C@@]1(O)C(=O)OCc2c1cc1n(c2=O)Cc2c-1nc1cc(OC)c(C)c(F)c1c2CN. The van der Waals surface area contributed by atoms with Crippen molar-refractivity contribution in [2.45, 2.75) is 45.6 Å². The number of benzene rings is 1. The summed E-state index contributed by atoms with van der Waals surface area (Å²) in [7, 11) is 1.45. The molecule has 5 rings (SSSR count). The van der Waals surface area contributed by atoms with E-state index in [0.29, 0.717) is 44.7 Å². The molecule has 2 aliphatic rings. The molecular weight excluding hydrogens is 417 g/mol. The molecule has 2 aromatic heterocycles. The molecule has 32 heavy (non-hydrogen) atoms. The van der Waals surface area contributed by atoms with E-state index in [1.54, 1.807) is 26.0 Å². The van der Waals surface area contributed by atoms with Crippen LogP contribution in [-0.2, 0) is 34.8 Å². The fourth-order valence-electron chi connectivity index (χ4n) is 4.80. The number of esters is 1. The van der Waals surface area contributed by atoms with E-state index >= 15 is 4.39 Å². The van der Waals surface area contributed by atoms with Crippen LogP contribution >= 0.6 is 0 Å². The number of nitrogens with two attached hydrogens (primary N) is 1. The number of aliphatic hydroxyl groups is 1. The van der Waals surface area contributed by atoms with Crippen LogP contribution in [0.2, 0.25) is 0 Å². The molecular formula is C23H22FN3O5. The Morgan fingerprint density at radius 1 is 1.34 bits per heavy atom. The molecule has 3 N–H and O–H groups in total. The van der Waals surface area contributed by atoms with Crippen LogP contribution in [0, 0.1) is 12.7 Å². The Hall–Kier alpha value is -3.30. The van der Waals surface area contributed by atoms with E-state index in [1.165, 1.54) is 11.7 Å². The third-order valence-corrected chi connectivity index (χ3v) is 6.65. The van der Waals surface area contributed by atoms with E-state index in [4.69, 9.17) is 15.2 Å². The number of pyridine rings is 2. The molecule has 166 valence electrons. The molecule has 3 aromatic rings. The Balaban J connectivity index is 1.86. The van der Waals surface area contributed by atoms with Crippen molar-refractivity contribution in [2.24, 2.45) is 5.73 Å². The fraction of sp³-hybridized carbons (Fsp3) is 0.348. The van der Waals surface area contributed by atoms with Gasteiger partial charge in [0.15, 0.2) is 5.60 Å². The first kappa shape index (κ1) is 20.6. The van der Waals surface area contributed by atoms with Crippen molar-refractivity contribution < 1.29 is 23.8 Å². The number of halogens is 1. The molecule has 0 spiro atoms. The molecule has 0 saturated carbocycles. The molecule has 2 aliphatic heterocycles. The highest BCUT2D eigenvalue weighted by atomic mass is 19.1. The fourth-order valence-corrected chi connectivity index (χ4v) is 4.80. The van der Waals surface area contributed by atoms with E-state index in [0.717, 1.165) is 0 Å². The quantitative estimate of drug-likeness (QED) is 0.469. The summed E-state index contributed by atoms with van der Waals surface area (Å²) in [5, 5.41) is 11.3. The number of rotatable bonds is 3. The second kappa shape index (κ2) is 6.85. The number of hydrogen-bond acceptors (Lipinski definition) is 7. The summed E-state index contributed by atoms with van der Waals surface area (Å²) >= 11 is 0. The summed E-state index contributed by atoms with van der Waals surface area (Å²) in [6.07, 6.45) is 0.0511. The zero-order valence-corrected chi connectivity index (χ0v) is 17.9. The third kappa shape index (κ3) is 2.46. The van der Waals surface area contributed by atoms with Gasteiger partial charge in [-0.15, -0.1) is 0 Å². The molecule has 9 heteroatoms. The number of carbonyl (C=O) groups is 1. The Labute approximate surface area is 182 Å². The van der Waals surface area contributed by atoms with Crippen molar-refractivity contribution in [1.82, 2.24) is 9.55 Å². The lowest BCUT2D eigenvalue weighted by atomic mass is 9.86. The second-order valence-electron chi connectivity index (χ2n) is 8.14. The highest BCUT2D eigenvalue weighted by Crippen LogP contribution is 2.41. The summed E-state index contributed by atoms with van der Waals surface area (Å²) in [6, 6.07) is 3.26. The summed E-state index contributed by atoms with van der Waals surface area (Å²) in [4.78, 5) is 30.3. The number of methoxy groups -OCH3 is 1. The number of carbonyl (C=O) groups excluding carboxylic acids is 1. The minimum atomic E-state index is -1.91. The van der Waals surface area contributed by atoms with Gasteiger partial charge in [-0.25, -0.2) is 14.2 Å². The van der Waals surface area contributed by atoms with Crippen molar-refractivity contribution >= 4 is 16.9 Å². The van der Waals surface area contributed by atoms with Gasteiger partial charge in [0.1, 0.15) is 18.2 Å². The number of cyclic esters (lactones) is 1. The molecule has 0 unspecified atom stereocenters. The molecule has 4 heterocycles. The lowest BCUT2D eigenvalue weighted by Gasteiger charge is -2.31. The molecule has 0 aliphatic carbocycles. The standard InChI is InChI=1S/C23H22FN3O5/c1-4-23(30)14-5-16-20-12(8-27(16)21(28)13(14)9-32-22(23)29)11(7-25)18-15(26-20)6-17(31-3)10(2)19(18)24/h5-6,30H,4,7-9,25H2,1-3H3/t23-/m0/s1. The molecule has 0 radical (unpaired) electrons. The monoisotopic (exact) mass is 439 g/mol. The minimum Gasteiger partial charge on any atom is -0.496 e. The van der Waals surface area contributed by atoms with Crippen molar-refractivity contribution in [2.75, 3.05) is 7.11 Å². The van der Waals surface area contributed by atoms with E-state index < -0.39 is 17.4 Å². The summed E-state index contributed by atoms with van der Waals surface area (Å²) in [6.45, 7) is 3.26. The smallest absolute Gasteiger partial charge is 0.343 e. The van der Waals surface area contributed by atoms with Crippen LogP contribution in [0.3, 0.4) is 0 Å². The van der Waals surface area contributed by atoms with Gasteiger partial charge in [-0.3, -0.25) is 4.79 Å². The van der Waals surface area contributed by atoms with Crippen LogP contribution in [0.4, 0.5) is 4.39 Å². The van der Waals surface area contributed by atoms with Crippen molar-refractivity contribution in [3.05, 3.63) is 56.1 Å². The maximum Gasteiger partial charge on any atom is 0.343 e. The van der Waals surface area contributed by atoms with Gasteiger partial charge in [-0.1, -0.05) is 6.92 Å². The van der Waals surface area contributed by atoms with Gasteiger partial charge in [0, 0.05) is 34.7 Å². The van der Waals surface area contributed by atoms with E-state index in [1.807, 2.05) is 0 Å². The van der Waals surface area contributed by atoms with E-state index in [2.05, 4.69) is 4.98 Å².